The number of carbonyl (C=O) groups is 2. The van der Waals surface area contributed by atoms with Gasteiger partial charge in [-0.2, -0.15) is 0 Å². The van der Waals surface area contributed by atoms with Crippen molar-refractivity contribution in [2.45, 2.75) is 0 Å². The number of carboxylic acids is 1. The highest BCUT2D eigenvalue weighted by molar-refractivity contribution is 9.09. The van der Waals surface area contributed by atoms with Crippen LogP contribution in [-0.2, 0) is 0 Å². The summed E-state index contributed by atoms with van der Waals surface area (Å²) in [6.07, 6.45) is 0. The number of aromatic carboxylic acids is 1. The van der Waals surface area contributed by atoms with Crippen molar-refractivity contribution < 1.29 is 14.7 Å². The van der Waals surface area contributed by atoms with E-state index in [1.54, 1.807) is 12.1 Å². The molecule has 0 aliphatic rings. The number of nitrogen functional groups attached to an aromatic ring is 1. The third-order valence-corrected chi connectivity index (χ3v) is 2.88. The molecule has 0 saturated carbocycles. The van der Waals surface area contributed by atoms with E-state index in [0.717, 1.165) is 5.56 Å². The number of halogens is 1. The van der Waals surface area contributed by atoms with Gasteiger partial charge in [-0.3, -0.25) is 4.79 Å². The maximum Gasteiger partial charge on any atom is 0.335 e. The van der Waals surface area contributed by atoms with E-state index in [-0.39, 0.29) is 11.3 Å². The molecule has 2 aromatic carbocycles. The minimum absolute atomic E-state index is 0.126. The van der Waals surface area contributed by atoms with E-state index < -0.39 is 5.97 Å². The Morgan fingerprint density at radius 3 is 1.95 bits per heavy atom. The van der Waals surface area contributed by atoms with Gasteiger partial charge < -0.3 is 10.8 Å². The van der Waals surface area contributed by atoms with Crippen molar-refractivity contribution in [3.63, 3.8) is 0 Å². The van der Waals surface area contributed by atoms with Crippen LogP contribution in [-0.4, -0.2) is 22.2 Å². The summed E-state index contributed by atoms with van der Waals surface area (Å²) >= 11 is 3.10. The van der Waals surface area contributed by atoms with Crippen molar-refractivity contribution in [1.82, 2.24) is 0 Å². The second-order valence-corrected chi connectivity index (χ2v) is 4.41. The van der Waals surface area contributed by atoms with Gasteiger partial charge in [0.1, 0.15) is 0 Å². The molecule has 0 spiro atoms. The fourth-order valence-electron chi connectivity index (χ4n) is 1.33. The first-order valence-corrected chi connectivity index (χ1v) is 6.89. The second kappa shape index (κ2) is 8.12. The van der Waals surface area contributed by atoms with Gasteiger partial charge in [-0.25, -0.2) is 4.79 Å². The van der Waals surface area contributed by atoms with Crippen molar-refractivity contribution in [2.24, 2.45) is 0 Å². The average molecular weight is 336 g/mol. The molecule has 4 nitrogen and oxygen atoms in total. The lowest BCUT2D eigenvalue weighted by Gasteiger charge is -1.93. The Hall–Kier alpha value is -2.14. The Balaban J connectivity index is 0.000000200. The molecule has 0 unspecified atom stereocenters. The zero-order valence-electron chi connectivity index (χ0n) is 10.6. The molecule has 0 amide bonds. The van der Waals surface area contributed by atoms with Gasteiger partial charge in [0.2, 0.25) is 0 Å². The van der Waals surface area contributed by atoms with Crippen molar-refractivity contribution in [3.05, 3.63) is 65.7 Å². The van der Waals surface area contributed by atoms with Crippen LogP contribution in [0.25, 0.3) is 0 Å². The number of anilines is 1. The van der Waals surface area contributed by atoms with Gasteiger partial charge >= 0.3 is 5.97 Å². The average Bonchev–Trinajstić information content (AvgIpc) is 2.48. The molecule has 0 atom stereocenters. The lowest BCUT2D eigenvalue weighted by atomic mass is 10.2. The van der Waals surface area contributed by atoms with Crippen LogP contribution >= 0.6 is 15.9 Å². The van der Waals surface area contributed by atoms with Gasteiger partial charge in [0.15, 0.2) is 5.78 Å². The molecular weight excluding hydrogens is 322 g/mol. The molecule has 0 aliphatic heterocycles. The first-order chi connectivity index (χ1) is 9.54. The summed E-state index contributed by atoms with van der Waals surface area (Å²) in [5.41, 5.74) is 6.93. The maximum atomic E-state index is 11.0. The topological polar surface area (TPSA) is 80.4 Å². The minimum Gasteiger partial charge on any atom is -0.478 e. The van der Waals surface area contributed by atoms with Crippen LogP contribution in [0.3, 0.4) is 0 Å². The molecule has 2 aromatic rings. The summed E-state index contributed by atoms with van der Waals surface area (Å²) in [4.78, 5) is 21.2. The highest BCUT2D eigenvalue weighted by atomic mass is 79.9. The fraction of sp³-hybridized carbons (Fsp3) is 0.0667. The molecule has 5 heteroatoms. The number of hydrogen-bond donors (Lipinski definition) is 2. The zero-order chi connectivity index (χ0) is 15.0. The number of nitrogens with two attached hydrogens (primary N) is 1. The lowest BCUT2D eigenvalue weighted by Crippen LogP contribution is -1.98. The van der Waals surface area contributed by atoms with E-state index in [0.29, 0.717) is 11.0 Å². The molecular formula is C15H14BrNO3. The third kappa shape index (κ3) is 5.24. The van der Waals surface area contributed by atoms with Crippen LogP contribution in [0.4, 0.5) is 5.69 Å². The van der Waals surface area contributed by atoms with Crippen LogP contribution in [0.15, 0.2) is 54.6 Å². The molecule has 0 aliphatic carbocycles. The SMILES string of the molecule is Nc1ccc(C(=O)O)cc1.O=C(CBr)c1ccccc1. The largest absolute Gasteiger partial charge is 0.478 e. The monoisotopic (exact) mass is 335 g/mol. The molecule has 3 N–H and O–H groups in total. The van der Waals surface area contributed by atoms with Crippen molar-refractivity contribution >= 4 is 33.4 Å². The fourth-order valence-corrected chi connectivity index (χ4v) is 1.65. The van der Waals surface area contributed by atoms with Crippen LogP contribution in [0.1, 0.15) is 20.7 Å². The van der Waals surface area contributed by atoms with E-state index in [1.165, 1.54) is 12.1 Å². The Kier molecular flexibility index (Phi) is 6.46. The van der Waals surface area contributed by atoms with E-state index in [2.05, 4.69) is 15.9 Å². The third-order valence-electron chi connectivity index (χ3n) is 2.37. The summed E-state index contributed by atoms with van der Waals surface area (Å²) in [7, 11) is 0. The molecule has 20 heavy (non-hydrogen) atoms. The normalized spacial score (nSPS) is 9.25. The highest BCUT2D eigenvalue weighted by Crippen LogP contribution is 2.04. The van der Waals surface area contributed by atoms with Crippen LogP contribution < -0.4 is 5.73 Å². The number of carbonyl (C=O) groups excluding carboxylic acids is 1. The van der Waals surface area contributed by atoms with Gasteiger partial charge in [0, 0.05) is 11.3 Å². The van der Waals surface area contributed by atoms with Gasteiger partial charge in [-0.05, 0) is 24.3 Å². The molecule has 0 aromatic heterocycles. The summed E-state index contributed by atoms with van der Waals surface area (Å²) in [6, 6.07) is 15.3. The Bertz CT molecular complexity index is 567. The highest BCUT2D eigenvalue weighted by Gasteiger charge is 2.00. The Morgan fingerprint density at radius 2 is 1.50 bits per heavy atom. The standard InChI is InChI=1S/C8H7BrO.C7H7NO2/c9-6-8(10)7-4-2-1-3-5-7;8-6-3-1-5(2-4-6)7(9)10/h1-5H,6H2;1-4H,8H2,(H,9,10). The van der Waals surface area contributed by atoms with Gasteiger partial charge in [-0.1, -0.05) is 46.3 Å². The Labute approximate surface area is 125 Å². The number of Topliss-reactive ketones (excluding diaryl/α,β-unsaturated/α-hetero) is 1. The quantitative estimate of drug-likeness (QED) is 0.512. The van der Waals surface area contributed by atoms with Gasteiger partial charge in [-0.15, -0.1) is 0 Å². The number of rotatable bonds is 3. The summed E-state index contributed by atoms with van der Waals surface area (Å²) < 4.78 is 0. The number of benzene rings is 2. The zero-order valence-corrected chi connectivity index (χ0v) is 12.2. The number of ketones is 1. The molecule has 0 saturated heterocycles. The summed E-state index contributed by atoms with van der Waals surface area (Å²) in [5.74, 6) is -0.805. The predicted octanol–water partition coefficient (Wildman–Crippen LogP) is 3.23. The van der Waals surface area contributed by atoms with E-state index >= 15 is 0 Å². The van der Waals surface area contributed by atoms with Crippen LogP contribution in [0.5, 0.6) is 0 Å². The first-order valence-electron chi connectivity index (χ1n) is 5.77. The Morgan fingerprint density at radius 1 is 0.950 bits per heavy atom. The molecule has 0 bridgehead atoms. The molecule has 0 heterocycles. The lowest BCUT2D eigenvalue weighted by molar-refractivity contribution is 0.0696. The maximum absolute atomic E-state index is 11.0. The number of carboxylic acid groups (broad SMARTS) is 1. The van der Waals surface area contributed by atoms with E-state index in [4.69, 9.17) is 10.8 Å². The molecule has 104 valence electrons. The van der Waals surface area contributed by atoms with Crippen LogP contribution in [0, 0.1) is 0 Å². The predicted molar refractivity (Wildman–Crippen MR) is 82.4 cm³/mol. The second-order valence-electron chi connectivity index (χ2n) is 3.85. The van der Waals surface area contributed by atoms with Gasteiger partial charge in [0.05, 0.1) is 10.9 Å². The summed E-state index contributed by atoms with van der Waals surface area (Å²) in [5, 5.41) is 8.83. The van der Waals surface area contributed by atoms with E-state index in [9.17, 15) is 9.59 Å². The van der Waals surface area contributed by atoms with Crippen molar-refractivity contribution in [1.29, 1.82) is 0 Å². The smallest absolute Gasteiger partial charge is 0.335 e. The number of alkyl halides is 1. The molecule has 2 rings (SSSR count). The molecule has 0 fully saturated rings. The van der Waals surface area contributed by atoms with Gasteiger partial charge in [0.25, 0.3) is 0 Å². The molecule has 0 radical (unpaired) electrons. The van der Waals surface area contributed by atoms with Crippen molar-refractivity contribution in [3.8, 4) is 0 Å². The number of hydrogen-bond acceptors (Lipinski definition) is 3. The van der Waals surface area contributed by atoms with Crippen LogP contribution in [0.2, 0.25) is 0 Å². The summed E-state index contributed by atoms with van der Waals surface area (Å²) in [6.45, 7) is 0. The van der Waals surface area contributed by atoms with E-state index in [1.807, 2.05) is 30.3 Å². The first kappa shape index (κ1) is 15.9. The minimum atomic E-state index is -0.931. The van der Waals surface area contributed by atoms with Crippen molar-refractivity contribution in [2.75, 3.05) is 11.1 Å².